The fourth-order valence-electron chi connectivity index (χ4n) is 3.34. The van der Waals surface area contributed by atoms with Crippen LogP contribution in [-0.2, 0) is 4.74 Å². The van der Waals surface area contributed by atoms with Crippen molar-refractivity contribution in [1.82, 2.24) is 9.80 Å². The summed E-state index contributed by atoms with van der Waals surface area (Å²) in [6.07, 6.45) is 2.35. The van der Waals surface area contributed by atoms with Crippen molar-refractivity contribution in [3.05, 3.63) is 24.0 Å². The maximum absolute atomic E-state index is 13.6. The largest absolute Gasteiger partial charge is 0.491 e. The predicted octanol–water partition coefficient (Wildman–Crippen LogP) is 2.16. The molecule has 2 saturated heterocycles. The first-order chi connectivity index (χ1) is 12.2. The minimum Gasteiger partial charge on any atom is -0.491 e. The van der Waals surface area contributed by atoms with Crippen LogP contribution in [0.5, 0.6) is 5.75 Å². The van der Waals surface area contributed by atoms with Gasteiger partial charge in [0.15, 0.2) is 0 Å². The lowest BCUT2D eigenvalue weighted by atomic mass is 10.1. The molecule has 0 bridgehead atoms. The number of piperazine rings is 1. The molecule has 7 heteroatoms. The first kappa shape index (κ1) is 16.6. The van der Waals surface area contributed by atoms with E-state index in [1.807, 2.05) is 0 Å². The maximum atomic E-state index is 13.6. The SMILES string of the molecule is O=C(Nc1cc(F)ccc1OCC1CC1)N1CCN2CCOC[C@H]2C1. The Kier molecular flexibility index (Phi) is 4.76. The number of hydrogen-bond acceptors (Lipinski definition) is 4. The smallest absolute Gasteiger partial charge is 0.322 e. The molecule has 2 amide bonds. The van der Waals surface area contributed by atoms with E-state index >= 15 is 0 Å². The van der Waals surface area contributed by atoms with Crippen LogP contribution in [0.25, 0.3) is 0 Å². The highest BCUT2D eigenvalue weighted by Gasteiger charge is 2.32. The second kappa shape index (κ2) is 7.17. The molecule has 0 spiro atoms. The van der Waals surface area contributed by atoms with E-state index in [4.69, 9.17) is 9.47 Å². The number of ether oxygens (including phenoxy) is 2. The van der Waals surface area contributed by atoms with Crippen LogP contribution >= 0.6 is 0 Å². The summed E-state index contributed by atoms with van der Waals surface area (Å²) < 4.78 is 24.9. The van der Waals surface area contributed by atoms with Gasteiger partial charge in [-0.15, -0.1) is 0 Å². The maximum Gasteiger partial charge on any atom is 0.322 e. The first-order valence-electron chi connectivity index (χ1n) is 8.99. The number of benzene rings is 1. The number of urea groups is 1. The molecule has 4 rings (SSSR count). The number of anilines is 1. The van der Waals surface area contributed by atoms with E-state index < -0.39 is 0 Å². The van der Waals surface area contributed by atoms with Gasteiger partial charge in [-0.2, -0.15) is 0 Å². The second-order valence-corrected chi connectivity index (χ2v) is 7.04. The molecule has 1 saturated carbocycles. The van der Waals surface area contributed by atoms with Crippen molar-refractivity contribution in [2.45, 2.75) is 18.9 Å². The summed E-state index contributed by atoms with van der Waals surface area (Å²) in [5, 5.41) is 2.82. The van der Waals surface area contributed by atoms with Gasteiger partial charge < -0.3 is 19.7 Å². The summed E-state index contributed by atoms with van der Waals surface area (Å²) in [6.45, 7) is 5.08. The number of rotatable bonds is 4. The van der Waals surface area contributed by atoms with Crippen LogP contribution in [0.1, 0.15) is 12.8 Å². The van der Waals surface area contributed by atoms with Gasteiger partial charge in [-0.1, -0.05) is 0 Å². The van der Waals surface area contributed by atoms with Crippen molar-refractivity contribution in [3.8, 4) is 5.75 Å². The molecule has 3 aliphatic rings. The Bertz CT molecular complexity index is 638. The molecule has 1 N–H and O–H groups in total. The topological polar surface area (TPSA) is 54.0 Å². The zero-order valence-corrected chi connectivity index (χ0v) is 14.2. The van der Waals surface area contributed by atoms with E-state index in [2.05, 4.69) is 10.2 Å². The third kappa shape index (κ3) is 4.04. The number of halogens is 1. The van der Waals surface area contributed by atoms with Crippen LogP contribution in [0.4, 0.5) is 14.9 Å². The molecule has 3 fully saturated rings. The monoisotopic (exact) mass is 349 g/mol. The highest BCUT2D eigenvalue weighted by molar-refractivity contribution is 5.91. The lowest BCUT2D eigenvalue weighted by Gasteiger charge is -2.43. The Morgan fingerprint density at radius 3 is 3.04 bits per heavy atom. The summed E-state index contributed by atoms with van der Waals surface area (Å²) in [4.78, 5) is 16.8. The quantitative estimate of drug-likeness (QED) is 0.905. The summed E-state index contributed by atoms with van der Waals surface area (Å²) in [7, 11) is 0. The fraction of sp³-hybridized carbons (Fsp3) is 0.611. The Morgan fingerprint density at radius 2 is 2.20 bits per heavy atom. The molecule has 2 aliphatic heterocycles. The highest BCUT2D eigenvalue weighted by atomic mass is 19.1. The van der Waals surface area contributed by atoms with Crippen molar-refractivity contribution in [2.75, 3.05) is 51.3 Å². The van der Waals surface area contributed by atoms with Gasteiger partial charge in [0.2, 0.25) is 0 Å². The van der Waals surface area contributed by atoms with Crippen LogP contribution in [0.2, 0.25) is 0 Å². The van der Waals surface area contributed by atoms with Gasteiger partial charge in [-0.25, -0.2) is 9.18 Å². The van der Waals surface area contributed by atoms with E-state index in [1.165, 1.54) is 25.0 Å². The Hall–Kier alpha value is -1.86. The minimum absolute atomic E-state index is 0.216. The average molecular weight is 349 g/mol. The molecule has 1 aromatic rings. The van der Waals surface area contributed by atoms with Crippen molar-refractivity contribution in [2.24, 2.45) is 5.92 Å². The van der Waals surface area contributed by atoms with Crippen LogP contribution in [0.3, 0.4) is 0 Å². The third-order valence-corrected chi connectivity index (χ3v) is 5.08. The van der Waals surface area contributed by atoms with Gasteiger partial charge >= 0.3 is 6.03 Å². The molecular formula is C18H24FN3O3. The van der Waals surface area contributed by atoms with Crippen molar-refractivity contribution < 1.29 is 18.7 Å². The van der Waals surface area contributed by atoms with Gasteiger partial charge in [-0.3, -0.25) is 4.90 Å². The molecule has 6 nitrogen and oxygen atoms in total. The van der Waals surface area contributed by atoms with E-state index in [0.717, 1.165) is 19.7 Å². The van der Waals surface area contributed by atoms with Gasteiger partial charge in [-0.05, 0) is 30.9 Å². The summed E-state index contributed by atoms with van der Waals surface area (Å²) >= 11 is 0. The average Bonchev–Trinajstić information content (AvgIpc) is 3.45. The summed E-state index contributed by atoms with van der Waals surface area (Å²) in [5.74, 6) is 0.730. The first-order valence-corrected chi connectivity index (χ1v) is 8.99. The molecule has 0 unspecified atom stereocenters. The van der Waals surface area contributed by atoms with Crippen LogP contribution in [0.15, 0.2) is 18.2 Å². The third-order valence-electron chi connectivity index (χ3n) is 5.08. The number of amides is 2. The Morgan fingerprint density at radius 1 is 1.32 bits per heavy atom. The number of carbonyl (C=O) groups excluding carboxylic acids is 1. The standard InChI is InChI=1S/C18H24FN3O3/c19-14-3-4-17(25-11-13-1-2-13)16(9-14)20-18(23)22-6-5-21-7-8-24-12-15(21)10-22/h3-4,9,13,15H,1-2,5-8,10-12H2,(H,20,23)/t15-/m1/s1. The Balaban J connectivity index is 1.40. The van der Waals surface area contributed by atoms with Gasteiger partial charge in [0, 0.05) is 32.2 Å². The minimum atomic E-state index is -0.389. The molecule has 1 atom stereocenters. The molecule has 0 aromatic heterocycles. The van der Waals surface area contributed by atoms with Crippen molar-refractivity contribution >= 4 is 11.7 Å². The predicted molar refractivity (Wildman–Crippen MR) is 91.4 cm³/mol. The fourth-order valence-corrected chi connectivity index (χ4v) is 3.34. The van der Waals surface area contributed by atoms with Gasteiger partial charge in [0.1, 0.15) is 11.6 Å². The van der Waals surface area contributed by atoms with E-state index in [-0.39, 0.29) is 17.9 Å². The zero-order chi connectivity index (χ0) is 17.2. The van der Waals surface area contributed by atoms with Gasteiger partial charge in [0.25, 0.3) is 0 Å². The summed E-state index contributed by atoms with van der Waals surface area (Å²) in [5.41, 5.74) is 0.396. The molecule has 25 heavy (non-hydrogen) atoms. The van der Waals surface area contributed by atoms with Crippen LogP contribution in [-0.4, -0.2) is 67.9 Å². The summed E-state index contributed by atoms with van der Waals surface area (Å²) in [6, 6.07) is 4.29. The van der Waals surface area contributed by atoms with E-state index in [9.17, 15) is 9.18 Å². The van der Waals surface area contributed by atoms with Crippen LogP contribution in [0, 0.1) is 11.7 Å². The molecular weight excluding hydrogens is 325 g/mol. The zero-order valence-electron chi connectivity index (χ0n) is 14.2. The van der Waals surface area contributed by atoms with E-state index in [0.29, 0.717) is 43.7 Å². The molecule has 2 heterocycles. The lowest BCUT2D eigenvalue weighted by molar-refractivity contribution is -0.0355. The number of morpholine rings is 1. The number of hydrogen-bond donors (Lipinski definition) is 1. The number of fused-ring (bicyclic) bond motifs is 1. The molecule has 0 radical (unpaired) electrons. The van der Waals surface area contributed by atoms with E-state index in [1.54, 1.807) is 11.0 Å². The second-order valence-electron chi connectivity index (χ2n) is 7.04. The number of nitrogens with one attached hydrogen (secondary N) is 1. The van der Waals surface area contributed by atoms with Crippen molar-refractivity contribution in [3.63, 3.8) is 0 Å². The lowest BCUT2D eigenvalue weighted by Crippen LogP contribution is -2.59. The van der Waals surface area contributed by atoms with Crippen LogP contribution < -0.4 is 10.1 Å². The molecule has 136 valence electrons. The molecule has 1 aromatic carbocycles. The van der Waals surface area contributed by atoms with Gasteiger partial charge in [0.05, 0.1) is 31.5 Å². The Labute approximate surface area is 146 Å². The normalized spacial score (nSPS) is 23.9. The molecule has 1 aliphatic carbocycles. The highest BCUT2D eigenvalue weighted by Crippen LogP contribution is 2.32. The number of nitrogens with zero attached hydrogens (tertiary/aromatic N) is 2. The number of carbonyl (C=O) groups is 1. The van der Waals surface area contributed by atoms with Crippen molar-refractivity contribution in [1.29, 1.82) is 0 Å².